The number of urea groups is 1. The summed E-state index contributed by atoms with van der Waals surface area (Å²) in [5.41, 5.74) is 13.5. The summed E-state index contributed by atoms with van der Waals surface area (Å²) in [5, 5.41) is 8.70. The van der Waals surface area contributed by atoms with Crippen LogP contribution in [0.2, 0.25) is 0 Å². The van der Waals surface area contributed by atoms with Crippen LogP contribution in [-0.2, 0) is 24.3 Å². The van der Waals surface area contributed by atoms with E-state index in [9.17, 15) is 27.4 Å². The maximum absolute atomic E-state index is 11.7. The highest BCUT2D eigenvalue weighted by Gasteiger charge is 2.48. The second-order valence-electron chi connectivity index (χ2n) is 5.51. The van der Waals surface area contributed by atoms with Gasteiger partial charge in [-0.1, -0.05) is 0 Å². The summed E-state index contributed by atoms with van der Waals surface area (Å²) in [6.07, 6.45) is 1.13. The molecule has 0 saturated carbocycles. The number of carbonyl (C=O) groups is 3. The molecule has 2 saturated heterocycles. The lowest BCUT2D eigenvalue weighted by Gasteiger charge is -2.27. The third kappa shape index (κ3) is 5.79. The minimum atomic E-state index is -5.00. The fourth-order valence-electron chi connectivity index (χ4n) is 2.45. The number of carbonyl (C=O) groups excluding carboxylic acids is 2. The van der Waals surface area contributed by atoms with Crippen molar-refractivity contribution in [3.8, 4) is 0 Å². The molecule has 3 atom stereocenters. The average molecular weight is 383 g/mol. The van der Waals surface area contributed by atoms with Crippen molar-refractivity contribution >= 4 is 28.3 Å². The van der Waals surface area contributed by atoms with E-state index in [1.165, 1.54) is 0 Å². The van der Waals surface area contributed by atoms with Crippen LogP contribution >= 0.6 is 0 Å². The Morgan fingerprint density at radius 2 is 2.04 bits per heavy atom. The molecular weight excluding hydrogens is 362 g/mol. The molecule has 0 aromatic heterocycles. The fourth-order valence-corrected chi connectivity index (χ4v) is 2.83. The Hall–Kier alpha value is -2.00. The number of rotatable bonds is 6. The van der Waals surface area contributed by atoms with Crippen LogP contribution in [0.4, 0.5) is 4.79 Å². The summed E-state index contributed by atoms with van der Waals surface area (Å²) in [5.74, 6) is -1.54. The Kier molecular flexibility index (Phi) is 7.06. The van der Waals surface area contributed by atoms with Gasteiger partial charge in [-0.3, -0.25) is 4.79 Å². The van der Waals surface area contributed by atoms with E-state index in [4.69, 9.17) is 16.6 Å². The molecular formula is C11H21N5O8S. The number of hydrogen-bond donors (Lipinski definition) is 4. The van der Waals surface area contributed by atoms with Crippen LogP contribution in [0.5, 0.6) is 0 Å². The van der Waals surface area contributed by atoms with Crippen molar-refractivity contribution in [2.45, 2.75) is 37.4 Å². The van der Waals surface area contributed by atoms with Gasteiger partial charge in [-0.15, -0.1) is 0 Å². The van der Waals surface area contributed by atoms with Crippen molar-refractivity contribution in [1.29, 1.82) is 0 Å². The molecule has 2 aliphatic rings. The molecule has 0 aromatic carbocycles. The van der Waals surface area contributed by atoms with Gasteiger partial charge >= 0.3 is 12.0 Å². The van der Waals surface area contributed by atoms with Gasteiger partial charge in [-0.05, 0) is 19.4 Å². The van der Waals surface area contributed by atoms with Crippen LogP contribution in [0.1, 0.15) is 19.3 Å². The third-order valence-electron chi connectivity index (χ3n) is 3.69. The fraction of sp³-hybridized carbons (Fsp3) is 0.727. The molecule has 144 valence electrons. The molecule has 0 radical (unpaired) electrons. The quantitative estimate of drug-likeness (QED) is 0.260. The normalized spacial score (nSPS) is 23.7. The molecule has 25 heavy (non-hydrogen) atoms. The highest BCUT2D eigenvalue weighted by Crippen LogP contribution is 2.30. The largest absolute Gasteiger partial charge is 0.724 e. The number of primary amides is 1. The van der Waals surface area contributed by atoms with Gasteiger partial charge in [0.05, 0.1) is 6.04 Å². The summed E-state index contributed by atoms with van der Waals surface area (Å²) in [6.45, 7) is 0.516. The molecule has 0 unspecified atom stereocenters. The second kappa shape index (κ2) is 8.39. The summed E-state index contributed by atoms with van der Waals surface area (Å²) in [4.78, 5) is 33.8. The molecule has 2 bridgehead atoms. The number of piperidine rings is 1. The highest BCUT2D eigenvalue weighted by atomic mass is 32.3. The zero-order valence-electron chi connectivity index (χ0n) is 13.2. The SMILES string of the molecule is NC(=O)[C@@H]1CC[C@@H]2CN1C(=O)N2OS(=O)(=O)[O-].NCC[C@H]([NH3+])C(=O)O. The van der Waals surface area contributed by atoms with Crippen molar-refractivity contribution in [3.05, 3.63) is 0 Å². The number of amides is 3. The average Bonchev–Trinajstić information content (AvgIpc) is 2.71. The van der Waals surface area contributed by atoms with Crippen LogP contribution < -0.4 is 17.2 Å². The molecule has 3 amide bonds. The van der Waals surface area contributed by atoms with E-state index in [0.717, 1.165) is 4.90 Å². The molecule has 0 aromatic rings. The van der Waals surface area contributed by atoms with Crippen LogP contribution in [-0.4, -0.2) is 77.2 Å². The highest BCUT2D eigenvalue weighted by molar-refractivity contribution is 7.80. The monoisotopic (exact) mass is 383 g/mol. The standard InChI is InChI=1S/C7H11N3O6S.C4H10N2O2/c8-6(11)5-2-1-4-3-9(5)7(12)10(4)16-17(13,14)15;5-2-1-3(6)4(7)8/h4-5H,1-3H2,(H2,8,11)(H,13,14,15);3H,1-2,5-6H2,(H,7,8)/t4-,5+;3-/m10/s1. The van der Waals surface area contributed by atoms with Crippen molar-refractivity contribution in [2.75, 3.05) is 13.1 Å². The molecule has 2 heterocycles. The predicted molar refractivity (Wildman–Crippen MR) is 78.7 cm³/mol. The van der Waals surface area contributed by atoms with E-state index in [0.29, 0.717) is 30.9 Å². The molecule has 2 rings (SSSR count). The van der Waals surface area contributed by atoms with Gasteiger partial charge in [0.1, 0.15) is 6.04 Å². The van der Waals surface area contributed by atoms with Gasteiger partial charge in [0, 0.05) is 13.0 Å². The summed E-state index contributed by atoms with van der Waals surface area (Å²) >= 11 is 0. The van der Waals surface area contributed by atoms with E-state index in [1.54, 1.807) is 0 Å². The minimum absolute atomic E-state index is 0.127. The number of carboxylic acid groups (broad SMARTS) is 1. The van der Waals surface area contributed by atoms with Crippen LogP contribution in [0, 0.1) is 0 Å². The number of aliphatic carboxylic acids is 1. The van der Waals surface area contributed by atoms with Crippen molar-refractivity contribution in [2.24, 2.45) is 11.5 Å². The first-order valence-corrected chi connectivity index (χ1v) is 8.61. The van der Waals surface area contributed by atoms with E-state index in [-0.39, 0.29) is 6.54 Å². The number of carboxylic acids is 1. The van der Waals surface area contributed by atoms with Gasteiger partial charge in [-0.2, -0.15) is 9.35 Å². The molecule has 0 spiro atoms. The second-order valence-corrected chi connectivity index (χ2v) is 6.47. The first-order chi connectivity index (χ1) is 11.5. The maximum Gasteiger partial charge on any atom is 0.362 e. The summed E-state index contributed by atoms with van der Waals surface area (Å²) in [6, 6.07) is -2.68. The number of fused-ring (bicyclic) bond motifs is 2. The van der Waals surface area contributed by atoms with Crippen LogP contribution in [0.15, 0.2) is 0 Å². The Labute approximate surface area is 143 Å². The summed E-state index contributed by atoms with van der Waals surface area (Å²) < 4.78 is 35.4. The zero-order valence-corrected chi connectivity index (χ0v) is 14.1. The minimum Gasteiger partial charge on any atom is -0.724 e. The number of nitrogens with two attached hydrogens (primary N) is 2. The van der Waals surface area contributed by atoms with Gasteiger partial charge in [0.25, 0.3) is 0 Å². The van der Waals surface area contributed by atoms with E-state index in [1.807, 2.05) is 0 Å². The van der Waals surface area contributed by atoms with Crippen molar-refractivity contribution in [1.82, 2.24) is 9.96 Å². The first-order valence-electron chi connectivity index (χ1n) is 7.28. The summed E-state index contributed by atoms with van der Waals surface area (Å²) in [7, 11) is -5.00. The van der Waals surface area contributed by atoms with Crippen molar-refractivity contribution < 1.29 is 42.5 Å². The van der Waals surface area contributed by atoms with Gasteiger partial charge in [0.15, 0.2) is 6.04 Å². The number of quaternary nitrogens is 1. The molecule has 14 heteroatoms. The molecule has 2 aliphatic heterocycles. The number of hydrogen-bond acceptors (Lipinski definition) is 8. The van der Waals surface area contributed by atoms with E-state index >= 15 is 0 Å². The third-order valence-corrected chi connectivity index (χ3v) is 4.03. The van der Waals surface area contributed by atoms with Crippen LogP contribution in [0.3, 0.4) is 0 Å². The van der Waals surface area contributed by atoms with Crippen molar-refractivity contribution in [3.63, 3.8) is 0 Å². The molecule has 0 aliphatic carbocycles. The molecule has 8 N–H and O–H groups in total. The lowest BCUT2D eigenvalue weighted by atomic mass is 10.0. The maximum atomic E-state index is 11.7. The predicted octanol–water partition coefficient (Wildman–Crippen LogP) is -3.84. The number of nitrogens with zero attached hydrogens (tertiary/aromatic N) is 2. The Morgan fingerprint density at radius 1 is 1.44 bits per heavy atom. The smallest absolute Gasteiger partial charge is 0.362 e. The topological polar surface area (TPSA) is 224 Å². The van der Waals surface area contributed by atoms with Crippen LogP contribution in [0.25, 0.3) is 0 Å². The Bertz CT molecular complexity index is 626. The Morgan fingerprint density at radius 3 is 2.44 bits per heavy atom. The lowest BCUT2D eigenvalue weighted by Crippen LogP contribution is -2.65. The lowest BCUT2D eigenvalue weighted by molar-refractivity contribution is -0.408. The molecule has 2 fully saturated rings. The Balaban J connectivity index is 0.000000333. The van der Waals surface area contributed by atoms with Gasteiger partial charge in [-0.25, -0.2) is 18.0 Å². The van der Waals surface area contributed by atoms with E-state index < -0.39 is 46.4 Å². The number of hydroxylamine groups is 2. The van der Waals surface area contributed by atoms with Gasteiger partial charge in [0.2, 0.25) is 16.3 Å². The first kappa shape index (κ1) is 21.0. The molecule has 13 nitrogen and oxygen atoms in total. The van der Waals surface area contributed by atoms with E-state index in [2.05, 4.69) is 10.0 Å². The van der Waals surface area contributed by atoms with Gasteiger partial charge < -0.3 is 31.8 Å². The zero-order chi connectivity index (χ0) is 19.4.